The average Bonchev–Trinajstić information content (AvgIpc) is 2.78. The van der Waals surface area contributed by atoms with E-state index in [0.717, 1.165) is 0 Å². The number of nitrogens with zero attached hydrogens (tertiary/aromatic N) is 2. The molecule has 1 aromatic carbocycles. The molecule has 0 radical (unpaired) electrons. The molecule has 0 saturated heterocycles. The van der Waals surface area contributed by atoms with E-state index < -0.39 is 4.92 Å². The fourth-order valence-electron chi connectivity index (χ4n) is 1.64. The van der Waals surface area contributed by atoms with Crippen molar-refractivity contribution in [1.82, 2.24) is 0 Å². The van der Waals surface area contributed by atoms with Crippen LogP contribution in [0, 0.1) is 16.0 Å². The van der Waals surface area contributed by atoms with Gasteiger partial charge in [-0.2, -0.15) is 0 Å². The van der Waals surface area contributed by atoms with Crippen LogP contribution in [0.15, 0.2) is 29.3 Å². The van der Waals surface area contributed by atoms with Gasteiger partial charge in [-0.3, -0.25) is 10.1 Å². The number of hydrogen-bond acceptors (Lipinski definition) is 4. The van der Waals surface area contributed by atoms with Gasteiger partial charge in [-0.25, -0.2) is 4.99 Å². The van der Waals surface area contributed by atoms with Crippen LogP contribution in [-0.2, 0) is 4.74 Å². The third-order valence-corrected chi connectivity index (χ3v) is 2.75. The van der Waals surface area contributed by atoms with E-state index in [1.54, 1.807) is 12.1 Å². The van der Waals surface area contributed by atoms with Gasteiger partial charge in [-0.05, 0) is 12.0 Å². The quantitative estimate of drug-likeness (QED) is 0.595. The molecule has 1 atom stereocenters. The van der Waals surface area contributed by atoms with E-state index in [0.29, 0.717) is 24.0 Å². The average molecular weight is 234 g/mol. The molecular formula is C12H14N2O3. The Labute approximate surface area is 99.3 Å². The van der Waals surface area contributed by atoms with Crippen molar-refractivity contribution in [3.63, 3.8) is 0 Å². The summed E-state index contributed by atoms with van der Waals surface area (Å²) in [4.78, 5) is 14.7. The molecule has 90 valence electrons. The van der Waals surface area contributed by atoms with Crippen molar-refractivity contribution in [3.05, 3.63) is 39.9 Å². The van der Waals surface area contributed by atoms with Crippen LogP contribution in [0.3, 0.4) is 0 Å². The van der Waals surface area contributed by atoms with E-state index in [9.17, 15) is 10.1 Å². The monoisotopic (exact) mass is 234 g/mol. The van der Waals surface area contributed by atoms with Crippen LogP contribution in [0.25, 0.3) is 0 Å². The first-order valence-electron chi connectivity index (χ1n) is 5.53. The summed E-state index contributed by atoms with van der Waals surface area (Å²) in [7, 11) is 0. The zero-order chi connectivity index (χ0) is 12.4. The Bertz CT molecular complexity index is 469. The summed E-state index contributed by atoms with van der Waals surface area (Å²) in [6.07, 6.45) is 0. The summed E-state index contributed by atoms with van der Waals surface area (Å²) in [5, 5.41) is 10.7. The second-order valence-corrected chi connectivity index (χ2v) is 4.36. The van der Waals surface area contributed by atoms with Crippen molar-refractivity contribution in [3.8, 4) is 0 Å². The topological polar surface area (TPSA) is 64.7 Å². The van der Waals surface area contributed by atoms with Gasteiger partial charge in [-0.15, -0.1) is 0 Å². The van der Waals surface area contributed by atoms with Gasteiger partial charge in [0.2, 0.25) is 5.90 Å². The van der Waals surface area contributed by atoms with Crippen LogP contribution in [0.1, 0.15) is 19.4 Å². The Hall–Kier alpha value is -1.91. The van der Waals surface area contributed by atoms with E-state index in [2.05, 4.69) is 18.8 Å². The summed E-state index contributed by atoms with van der Waals surface area (Å²) in [5.74, 6) is 0.915. The van der Waals surface area contributed by atoms with Crippen molar-refractivity contribution >= 4 is 11.6 Å². The largest absolute Gasteiger partial charge is 0.475 e. The predicted octanol–water partition coefficient (Wildman–Crippen LogP) is 2.40. The van der Waals surface area contributed by atoms with Crippen molar-refractivity contribution < 1.29 is 9.66 Å². The van der Waals surface area contributed by atoms with Gasteiger partial charge in [0.1, 0.15) is 6.61 Å². The van der Waals surface area contributed by atoms with Crippen molar-refractivity contribution in [2.75, 3.05) is 6.61 Å². The zero-order valence-corrected chi connectivity index (χ0v) is 9.79. The summed E-state index contributed by atoms with van der Waals surface area (Å²) in [6.45, 7) is 4.71. The van der Waals surface area contributed by atoms with Crippen molar-refractivity contribution in [2.45, 2.75) is 19.9 Å². The number of non-ortho nitro benzene ring substituents is 1. The molecule has 0 aliphatic carbocycles. The normalized spacial score (nSPS) is 19.0. The van der Waals surface area contributed by atoms with E-state index >= 15 is 0 Å². The van der Waals surface area contributed by atoms with Gasteiger partial charge < -0.3 is 4.74 Å². The Morgan fingerprint density at radius 2 is 2.29 bits per heavy atom. The molecule has 0 N–H and O–H groups in total. The molecule has 5 heteroatoms. The minimum atomic E-state index is -0.418. The van der Waals surface area contributed by atoms with Crippen LogP contribution in [0.2, 0.25) is 0 Å². The molecule has 0 amide bonds. The molecule has 0 aromatic heterocycles. The fourth-order valence-corrected chi connectivity index (χ4v) is 1.64. The number of rotatable bonds is 3. The van der Waals surface area contributed by atoms with Gasteiger partial charge in [-0.1, -0.05) is 19.9 Å². The van der Waals surface area contributed by atoms with Gasteiger partial charge in [0.05, 0.1) is 11.0 Å². The number of hydrogen-bond donors (Lipinski definition) is 0. The SMILES string of the molecule is CC(C)[C@H]1COC(c2cccc([N+](=O)[O-])c2)=N1. The number of nitro groups is 1. The first-order chi connectivity index (χ1) is 8.08. The Morgan fingerprint density at radius 1 is 1.53 bits per heavy atom. The van der Waals surface area contributed by atoms with Crippen LogP contribution in [-0.4, -0.2) is 23.5 Å². The first-order valence-corrected chi connectivity index (χ1v) is 5.53. The lowest BCUT2D eigenvalue weighted by Gasteiger charge is -2.06. The van der Waals surface area contributed by atoms with Crippen molar-refractivity contribution in [2.24, 2.45) is 10.9 Å². The molecule has 0 bridgehead atoms. The van der Waals surface area contributed by atoms with Gasteiger partial charge in [0.15, 0.2) is 0 Å². The lowest BCUT2D eigenvalue weighted by molar-refractivity contribution is -0.384. The maximum atomic E-state index is 10.7. The molecule has 0 saturated carbocycles. The van der Waals surface area contributed by atoms with E-state index in [1.165, 1.54) is 12.1 Å². The van der Waals surface area contributed by atoms with Gasteiger partial charge >= 0.3 is 0 Å². The highest BCUT2D eigenvalue weighted by atomic mass is 16.6. The highest BCUT2D eigenvalue weighted by Gasteiger charge is 2.23. The Morgan fingerprint density at radius 3 is 2.88 bits per heavy atom. The van der Waals surface area contributed by atoms with Crippen LogP contribution >= 0.6 is 0 Å². The van der Waals surface area contributed by atoms with E-state index in [4.69, 9.17) is 4.74 Å². The van der Waals surface area contributed by atoms with E-state index in [1.807, 2.05) is 0 Å². The highest BCUT2D eigenvalue weighted by molar-refractivity contribution is 5.95. The third kappa shape index (κ3) is 2.43. The minimum Gasteiger partial charge on any atom is -0.475 e. The third-order valence-electron chi connectivity index (χ3n) is 2.75. The smallest absolute Gasteiger partial charge is 0.270 e. The van der Waals surface area contributed by atoms with E-state index in [-0.39, 0.29) is 11.7 Å². The molecule has 17 heavy (non-hydrogen) atoms. The Kier molecular flexibility index (Phi) is 3.08. The van der Waals surface area contributed by atoms with Crippen LogP contribution in [0.4, 0.5) is 5.69 Å². The molecule has 1 aromatic rings. The van der Waals surface area contributed by atoms with Crippen molar-refractivity contribution in [1.29, 1.82) is 0 Å². The molecule has 0 spiro atoms. The van der Waals surface area contributed by atoms with Crippen LogP contribution < -0.4 is 0 Å². The molecule has 1 heterocycles. The predicted molar refractivity (Wildman–Crippen MR) is 64.2 cm³/mol. The molecule has 2 rings (SSSR count). The summed E-state index contributed by atoms with van der Waals surface area (Å²) in [6, 6.07) is 6.50. The van der Waals surface area contributed by atoms with Crippen LogP contribution in [0.5, 0.6) is 0 Å². The number of ether oxygens (including phenoxy) is 1. The minimum absolute atomic E-state index is 0.0572. The standard InChI is InChI=1S/C12H14N2O3/c1-8(2)11-7-17-12(13-11)9-4-3-5-10(6-9)14(15)16/h3-6,8,11H,7H2,1-2H3/t11-/m1/s1. The number of nitro benzene ring substituents is 1. The molecular weight excluding hydrogens is 220 g/mol. The second kappa shape index (κ2) is 4.53. The Balaban J connectivity index is 2.26. The second-order valence-electron chi connectivity index (χ2n) is 4.36. The lowest BCUT2D eigenvalue weighted by atomic mass is 10.1. The maximum Gasteiger partial charge on any atom is 0.270 e. The zero-order valence-electron chi connectivity index (χ0n) is 9.79. The fraction of sp³-hybridized carbons (Fsp3) is 0.417. The molecule has 0 fully saturated rings. The summed E-state index contributed by atoms with van der Waals surface area (Å²) < 4.78 is 5.48. The molecule has 0 unspecified atom stereocenters. The molecule has 1 aliphatic heterocycles. The maximum absolute atomic E-state index is 10.7. The van der Waals surface area contributed by atoms with Gasteiger partial charge in [0, 0.05) is 17.7 Å². The first kappa shape index (κ1) is 11.6. The number of benzene rings is 1. The number of aliphatic imine (C=N–C) groups is 1. The summed E-state index contributed by atoms with van der Waals surface area (Å²) >= 11 is 0. The lowest BCUT2D eigenvalue weighted by Crippen LogP contribution is -2.13. The molecule has 1 aliphatic rings. The summed E-state index contributed by atoms with van der Waals surface area (Å²) in [5.41, 5.74) is 0.726. The van der Waals surface area contributed by atoms with Gasteiger partial charge in [0.25, 0.3) is 5.69 Å². The highest BCUT2D eigenvalue weighted by Crippen LogP contribution is 2.20. The molecule has 5 nitrogen and oxygen atoms in total.